The zero-order valence-electron chi connectivity index (χ0n) is 17.2. The predicted octanol–water partition coefficient (Wildman–Crippen LogP) is 4.30. The van der Waals surface area contributed by atoms with E-state index in [1.165, 1.54) is 28.3 Å². The Hall–Kier alpha value is -2.90. The molecule has 0 aromatic heterocycles. The van der Waals surface area contributed by atoms with Gasteiger partial charge in [-0.2, -0.15) is 0 Å². The SMILES string of the molecule is COC(=O)COC1=C([PH](c2ccccc2)(c2ccccc2)c2ccccc2)CCC1. The van der Waals surface area contributed by atoms with Gasteiger partial charge in [-0.3, -0.25) is 0 Å². The molecule has 0 unspecified atom stereocenters. The molecular formula is C26H27O3P. The van der Waals surface area contributed by atoms with E-state index in [2.05, 4.69) is 91.0 Å². The van der Waals surface area contributed by atoms with Crippen LogP contribution in [0.5, 0.6) is 0 Å². The number of benzene rings is 3. The minimum atomic E-state index is -2.53. The minimum absolute atomic E-state index is 0.0435. The number of ether oxygens (including phenoxy) is 2. The Bertz CT molecular complexity index is 917. The molecule has 0 aliphatic heterocycles. The molecule has 4 rings (SSSR count). The second-order valence-electron chi connectivity index (χ2n) is 7.47. The van der Waals surface area contributed by atoms with Crippen molar-refractivity contribution in [2.75, 3.05) is 13.7 Å². The Morgan fingerprint density at radius 1 is 0.767 bits per heavy atom. The Morgan fingerprint density at radius 3 is 1.67 bits per heavy atom. The number of carbonyl (C=O) groups excluding carboxylic acids is 1. The van der Waals surface area contributed by atoms with Crippen molar-refractivity contribution in [1.29, 1.82) is 0 Å². The van der Waals surface area contributed by atoms with Crippen LogP contribution in [0.15, 0.2) is 102 Å². The predicted molar refractivity (Wildman–Crippen MR) is 125 cm³/mol. The number of hydrogen-bond donors (Lipinski definition) is 0. The van der Waals surface area contributed by atoms with Gasteiger partial charge in [0.25, 0.3) is 0 Å². The van der Waals surface area contributed by atoms with Gasteiger partial charge in [0.15, 0.2) is 0 Å². The van der Waals surface area contributed by atoms with Gasteiger partial charge in [0.2, 0.25) is 0 Å². The van der Waals surface area contributed by atoms with Crippen LogP contribution in [-0.4, -0.2) is 19.7 Å². The van der Waals surface area contributed by atoms with Crippen LogP contribution in [0.2, 0.25) is 0 Å². The van der Waals surface area contributed by atoms with E-state index in [1.807, 2.05) is 0 Å². The topological polar surface area (TPSA) is 35.5 Å². The number of rotatable bonds is 7. The fraction of sp³-hybridized carbons (Fsp3) is 0.192. The zero-order valence-corrected chi connectivity index (χ0v) is 18.2. The van der Waals surface area contributed by atoms with E-state index < -0.39 is 7.26 Å². The van der Waals surface area contributed by atoms with Crippen LogP contribution in [0.25, 0.3) is 0 Å². The third-order valence-electron chi connectivity index (χ3n) is 5.83. The molecule has 0 saturated carbocycles. The van der Waals surface area contributed by atoms with Crippen molar-refractivity contribution >= 4 is 29.1 Å². The summed E-state index contributed by atoms with van der Waals surface area (Å²) in [4.78, 5) is 11.8. The normalized spacial score (nSPS) is 14.4. The molecule has 0 radical (unpaired) electrons. The molecule has 0 atom stereocenters. The van der Waals surface area contributed by atoms with E-state index in [-0.39, 0.29) is 12.6 Å². The van der Waals surface area contributed by atoms with Gasteiger partial charge in [0.1, 0.15) is 0 Å². The summed E-state index contributed by atoms with van der Waals surface area (Å²) in [5, 5.41) is 5.35. The molecule has 3 aromatic carbocycles. The first-order chi connectivity index (χ1) is 14.8. The fourth-order valence-corrected chi connectivity index (χ4v) is 9.85. The van der Waals surface area contributed by atoms with Crippen molar-refractivity contribution < 1.29 is 14.3 Å². The molecule has 4 heteroatoms. The monoisotopic (exact) mass is 418 g/mol. The van der Waals surface area contributed by atoms with Crippen LogP contribution in [0.1, 0.15) is 19.3 Å². The number of esters is 1. The van der Waals surface area contributed by atoms with Crippen molar-refractivity contribution in [2.24, 2.45) is 0 Å². The molecule has 0 fully saturated rings. The second kappa shape index (κ2) is 9.28. The van der Waals surface area contributed by atoms with Gasteiger partial charge in [0, 0.05) is 0 Å². The Kier molecular flexibility index (Phi) is 6.30. The molecule has 3 aromatic rings. The summed E-state index contributed by atoms with van der Waals surface area (Å²) in [5.74, 6) is 0.615. The molecule has 0 N–H and O–H groups in total. The van der Waals surface area contributed by atoms with Crippen LogP contribution in [0.4, 0.5) is 0 Å². The fourth-order valence-electron chi connectivity index (χ4n) is 4.56. The second-order valence-corrected chi connectivity index (χ2v) is 11.3. The van der Waals surface area contributed by atoms with Crippen molar-refractivity contribution in [3.8, 4) is 0 Å². The number of carbonyl (C=O) groups is 1. The molecule has 154 valence electrons. The molecule has 0 bridgehead atoms. The van der Waals surface area contributed by atoms with E-state index in [0.717, 1.165) is 25.0 Å². The molecule has 0 saturated heterocycles. The summed E-state index contributed by atoms with van der Waals surface area (Å²) in [6, 6.07) is 32.4. The van der Waals surface area contributed by atoms with E-state index in [4.69, 9.17) is 9.47 Å². The number of methoxy groups -OCH3 is 1. The first kappa shape index (κ1) is 20.4. The average molecular weight is 418 g/mol. The summed E-state index contributed by atoms with van der Waals surface area (Å²) in [6.45, 7) is -0.0435. The summed E-state index contributed by atoms with van der Waals surface area (Å²) in [5.41, 5.74) is 0. The molecule has 0 spiro atoms. The van der Waals surface area contributed by atoms with E-state index in [9.17, 15) is 4.79 Å². The summed E-state index contributed by atoms with van der Waals surface area (Å²) < 4.78 is 10.9. The van der Waals surface area contributed by atoms with Crippen molar-refractivity contribution in [3.05, 3.63) is 102 Å². The standard InChI is InChI=1S/C26H27O3P/c1-28-26(27)20-29-24-18-11-19-25(24)30(21-12-5-2-6-13-21,22-14-7-3-8-15-22)23-16-9-4-10-17-23/h2-10,12-17,30H,11,18-20H2,1H3. The first-order valence-corrected chi connectivity index (χ1v) is 12.4. The third kappa shape index (κ3) is 3.78. The van der Waals surface area contributed by atoms with Gasteiger partial charge in [-0.05, 0) is 0 Å². The molecule has 3 nitrogen and oxygen atoms in total. The van der Waals surface area contributed by atoms with Gasteiger partial charge in [-0.1, -0.05) is 0 Å². The van der Waals surface area contributed by atoms with E-state index >= 15 is 0 Å². The van der Waals surface area contributed by atoms with Crippen LogP contribution in [-0.2, 0) is 14.3 Å². The van der Waals surface area contributed by atoms with Crippen molar-refractivity contribution in [2.45, 2.75) is 19.3 Å². The van der Waals surface area contributed by atoms with Crippen LogP contribution < -0.4 is 15.9 Å². The summed E-state index contributed by atoms with van der Waals surface area (Å²) in [7, 11) is -1.14. The van der Waals surface area contributed by atoms with E-state index in [0.29, 0.717) is 0 Å². The molecule has 0 heterocycles. The van der Waals surface area contributed by atoms with E-state index in [1.54, 1.807) is 0 Å². The molecular weight excluding hydrogens is 391 g/mol. The maximum atomic E-state index is 11.8. The Balaban J connectivity index is 1.99. The molecule has 30 heavy (non-hydrogen) atoms. The molecule has 1 aliphatic rings. The Labute approximate surface area is 178 Å². The van der Waals surface area contributed by atoms with Crippen molar-refractivity contribution in [3.63, 3.8) is 0 Å². The van der Waals surface area contributed by atoms with Gasteiger partial charge in [0.05, 0.1) is 0 Å². The molecule has 0 amide bonds. The number of hydrogen-bond acceptors (Lipinski definition) is 3. The average Bonchev–Trinajstić information content (AvgIpc) is 3.29. The van der Waals surface area contributed by atoms with Crippen LogP contribution >= 0.6 is 7.26 Å². The third-order valence-corrected chi connectivity index (χ3v) is 10.9. The quantitative estimate of drug-likeness (QED) is 0.424. The Morgan fingerprint density at radius 2 is 1.23 bits per heavy atom. The maximum absolute atomic E-state index is 11.8. The molecule has 1 aliphatic carbocycles. The van der Waals surface area contributed by atoms with Gasteiger partial charge in [-0.25, -0.2) is 0 Å². The van der Waals surface area contributed by atoms with Gasteiger partial charge in [-0.15, -0.1) is 0 Å². The van der Waals surface area contributed by atoms with Gasteiger partial charge >= 0.3 is 178 Å². The van der Waals surface area contributed by atoms with Crippen LogP contribution in [0.3, 0.4) is 0 Å². The first-order valence-electron chi connectivity index (χ1n) is 10.4. The number of allylic oxidation sites excluding steroid dienone is 2. The summed E-state index contributed by atoms with van der Waals surface area (Å²) in [6.07, 6.45) is 2.86. The van der Waals surface area contributed by atoms with Crippen molar-refractivity contribution in [1.82, 2.24) is 0 Å². The summed E-state index contributed by atoms with van der Waals surface area (Å²) >= 11 is 0. The van der Waals surface area contributed by atoms with Gasteiger partial charge < -0.3 is 0 Å². The zero-order chi connectivity index (χ0) is 20.8. The van der Waals surface area contributed by atoms with Crippen LogP contribution in [0, 0.1) is 0 Å².